The molecule has 2 N–H and O–H groups in total. The fourth-order valence-corrected chi connectivity index (χ4v) is 2.14. The maximum atomic E-state index is 12.8. The minimum Gasteiger partial charge on any atom is -0.387 e. The van der Waals surface area contributed by atoms with Gasteiger partial charge in [0, 0.05) is 0 Å². The molecule has 1 unspecified atom stereocenters. The summed E-state index contributed by atoms with van der Waals surface area (Å²) in [7, 11) is 0. The van der Waals surface area contributed by atoms with Crippen molar-refractivity contribution in [3.05, 3.63) is 35.6 Å². The average Bonchev–Trinajstić information content (AvgIpc) is 2.26. The summed E-state index contributed by atoms with van der Waals surface area (Å²) in [5.74, 6) is -0.267. The molecule has 0 aliphatic heterocycles. The molecule has 17 heavy (non-hydrogen) atoms. The number of aliphatic hydroxyl groups excluding tert-OH is 1. The smallest absolute Gasteiger partial charge is 0.246 e. The van der Waals surface area contributed by atoms with Crippen LogP contribution in [0.25, 0.3) is 0 Å². The second kappa shape index (κ2) is 5.27. The maximum absolute atomic E-state index is 12.8. The molecule has 0 heterocycles. The summed E-state index contributed by atoms with van der Waals surface area (Å²) >= 11 is 0. The predicted octanol–water partition coefficient (Wildman–Crippen LogP) is 1.78. The molecule has 1 aromatic carbocycles. The molecule has 1 aliphatic carbocycles. The summed E-state index contributed by atoms with van der Waals surface area (Å²) in [5, 5.41) is 11.6. The Hall–Kier alpha value is -1.42. The lowest BCUT2D eigenvalue weighted by Crippen LogP contribution is -2.37. The van der Waals surface area contributed by atoms with Gasteiger partial charge in [-0.2, -0.15) is 0 Å². The van der Waals surface area contributed by atoms with Crippen molar-refractivity contribution < 1.29 is 14.3 Å². The predicted molar refractivity (Wildman–Crippen MR) is 61.7 cm³/mol. The molecule has 0 radical (unpaired) electrons. The van der Waals surface area contributed by atoms with Gasteiger partial charge >= 0.3 is 0 Å². The zero-order valence-electron chi connectivity index (χ0n) is 9.53. The van der Waals surface area contributed by atoms with Gasteiger partial charge in [0.25, 0.3) is 0 Å². The van der Waals surface area contributed by atoms with Crippen LogP contribution in [0.4, 0.5) is 4.39 Å². The molecular formula is C13H16FNO2. The van der Waals surface area contributed by atoms with Crippen molar-refractivity contribution >= 4 is 5.91 Å². The van der Waals surface area contributed by atoms with Crippen molar-refractivity contribution in [2.45, 2.75) is 25.3 Å². The lowest BCUT2D eigenvalue weighted by Gasteiger charge is -2.34. The van der Waals surface area contributed by atoms with Gasteiger partial charge in [-0.15, -0.1) is 0 Å². The van der Waals surface area contributed by atoms with Crippen molar-refractivity contribution in [1.82, 2.24) is 5.32 Å². The minimum atomic E-state index is -0.510. The third kappa shape index (κ3) is 2.82. The van der Waals surface area contributed by atoms with Crippen LogP contribution in [0, 0.1) is 11.7 Å². The van der Waals surface area contributed by atoms with Gasteiger partial charge in [-0.25, -0.2) is 4.39 Å². The van der Waals surface area contributed by atoms with E-state index in [0.29, 0.717) is 5.92 Å². The number of carbonyl (C=O) groups excluding carboxylic acids is 1. The lowest BCUT2D eigenvalue weighted by atomic mass is 9.77. The Kier molecular flexibility index (Phi) is 3.74. The molecule has 4 heteroatoms. The van der Waals surface area contributed by atoms with Crippen molar-refractivity contribution in [3.8, 4) is 0 Å². The highest BCUT2D eigenvalue weighted by atomic mass is 19.1. The third-order valence-corrected chi connectivity index (χ3v) is 3.31. The normalized spacial score (nSPS) is 17.3. The Labute approximate surface area is 99.7 Å². The van der Waals surface area contributed by atoms with Crippen molar-refractivity contribution in [2.75, 3.05) is 6.61 Å². The van der Waals surface area contributed by atoms with Crippen LogP contribution in [-0.2, 0) is 4.79 Å². The zero-order chi connectivity index (χ0) is 12.3. The molecule has 0 bridgehead atoms. The summed E-state index contributed by atoms with van der Waals surface area (Å²) in [6, 6.07) is 6.06. The lowest BCUT2D eigenvalue weighted by molar-refractivity contribution is -0.125. The molecule has 1 atom stereocenters. The Morgan fingerprint density at radius 2 is 2.06 bits per heavy atom. The third-order valence-electron chi connectivity index (χ3n) is 3.31. The zero-order valence-corrected chi connectivity index (χ0v) is 9.53. The molecule has 1 fully saturated rings. The number of halogens is 1. The van der Waals surface area contributed by atoms with E-state index >= 15 is 0 Å². The number of nitrogens with one attached hydrogen (secondary N) is 1. The van der Waals surface area contributed by atoms with Gasteiger partial charge in [0.05, 0.1) is 6.04 Å². The summed E-state index contributed by atoms with van der Waals surface area (Å²) in [5.41, 5.74) is 0.901. The first-order valence-electron chi connectivity index (χ1n) is 5.86. The van der Waals surface area contributed by atoms with E-state index in [1.54, 1.807) is 12.1 Å². The largest absolute Gasteiger partial charge is 0.387 e. The van der Waals surface area contributed by atoms with Gasteiger partial charge in [-0.1, -0.05) is 18.6 Å². The molecule has 0 saturated heterocycles. The summed E-state index contributed by atoms with van der Waals surface area (Å²) in [6.45, 7) is -0.510. The monoisotopic (exact) mass is 237 g/mol. The van der Waals surface area contributed by atoms with E-state index in [-0.39, 0.29) is 17.8 Å². The van der Waals surface area contributed by atoms with Crippen molar-refractivity contribution in [2.24, 2.45) is 5.92 Å². The van der Waals surface area contributed by atoms with Gasteiger partial charge in [0.15, 0.2) is 0 Å². The standard InChI is InChI=1S/C13H16FNO2/c14-11-6-4-10(5-7-11)13(9-2-1-3-9)15-12(17)8-16/h4-7,9,13,16H,1-3,8H2,(H,15,17). The van der Waals surface area contributed by atoms with Crippen molar-refractivity contribution in [3.63, 3.8) is 0 Å². The van der Waals surface area contributed by atoms with E-state index in [0.717, 1.165) is 24.8 Å². The van der Waals surface area contributed by atoms with Crippen LogP contribution in [-0.4, -0.2) is 17.6 Å². The molecule has 0 aromatic heterocycles. The fraction of sp³-hybridized carbons (Fsp3) is 0.462. The number of rotatable bonds is 4. The highest BCUT2D eigenvalue weighted by molar-refractivity contribution is 5.77. The molecule has 1 aliphatic rings. The van der Waals surface area contributed by atoms with Crippen LogP contribution in [0.15, 0.2) is 24.3 Å². The fourth-order valence-electron chi connectivity index (χ4n) is 2.14. The van der Waals surface area contributed by atoms with Crippen LogP contribution in [0.1, 0.15) is 30.9 Å². The maximum Gasteiger partial charge on any atom is 0.246 e. The molecule has 3 nitrogen and oxygen atoms in total. The Balaban J connectivity index is 2.14. The molecule has 1 amide bonds. The first-order chi connectivity index (χ1) is 8.20. The van der Waals surface area contributed by atoms with E-state index in [9.17, 15) is 9.18 Å². The molecule has 0 spiro atoms. The van der Waals surface area contributed by atoms with Crippen LogP contribution in [0.3, 0.4) is 0 Å². The minimum absolute atomic E-state index is 0.107. The van der Waals surface area contributed by atoms with E-state index in [1.165, 1.54) is 12.1 Å². The average molecular weight is 237 g/mol. The Bertz CT molecular complexity index is 387. The number of carbonyl (C=O) groups is 1. The van der Waals surface area contributed by atoms with Crippen molar-refractivity contribution in [1.29, 1.82) is 0 Å². The molecule has 1 saturated carbocycles. The topological polar surface area (TPSA) is 49.3 Å². The second-order valence-electron chi connectivity index (χ2n) is 4.45. The van der Waals surface area contributed by atoms with Crippen LogP contribution in [0.5, 0.6) is 0 Å². The van der Waals surface area contributed by atoms with E-state index in [2.05, 4.69) is 5.32 Å². The Morgan fingerprint density at radius 1 is 1.41 bits per heavy atom. The van der Waals surface area contributed by atoms with E-state index in [4.69, 9.17) is 5.11 Å². The number of benzene rings is 1. The van der Waals surface area contributed by atoms with Crippen LogP contribution >= 0.6 is 0 Å². The molecule has 1 aromatic rings. The highest BCUT2D eigenvalue weighted by Gasteiger charge is 2.29. The second-order valence-corrected chi connectivity index (χ2v) is 4.45. The summed E-state index contributed by atoms with van der Waals surface area (Å²) < 4.78 is 12.8. The molecule has 92 valence electrons. The number of hydrogen-bond acceptors (Lipinski definition) is 2. The quantitative estimate of drug-likeness (QED) is 0.838. The van der Waals surface area contributed by atoms with Gasteiger partial charge in [-0.3, -0.25) is 4.79 Å². The number of aliphatic hydroxyl groups is 1. The number of hydrogen-bond donors (Lipinski definition) is 2. The van der Waals surface area contributed by atoms with Crippen LogP contribution in [0.2, 0.25) is 0 Å². The SMILES string of the molecule is O=C(CO)NC(c1ccc(F)cc1)C1CCC1. The van der Waals surface area contributed by atoms with Gasteiger partial charge in [0.1, 0.15) is 12.4 Å². The molecular weight excluding hydrogens is 221 g/mol. The summed E-state index contributed by atoms with van der Waals surface area (Å²) in [4.78, 5) is 11.3. The first-order valence-corrected chi connectivity index (χ1v) is 5.86. The van der Waals surface area contributed by atoms with Gasteiger partial charge in [0.2, 0.25) is 5.91 Å². The molecule has 2 rings (SSSR count). The first kappa shape index (κ1) is 12.0. The van der Waals surface area contributed by atoms with Gasteiger partial charge < -0.3 is 10.4 Å². The van der Waals surface area contributed by atoms with E-state index in [1.807, 2.05) is 0 Å². The van der Waals surface area contributed by atoms with Crippen LogP contribution < -0.4 is 5.32 Å². The highest BCUT2D eigenvalue weighted by Crippen LogP contribution is 2.37. The number of amides is 1. The van der Waals surface area contributed by atoms with Gasteiger partial charge in [-0.05, 0) is 36.5 Å². The Morgan fingerprint density at radius 3 is 2.53 bits per heavy atom. The van der Waals surface area contributed by atoms with E-state index < -0.39 is 6.61 Å². The summed E-state index contributed by atoms with van der Waals surface area (Å²) in [6.07, 6.45) is 3.29.